The molecule has 4 rings (SSSR count). The summed E-state index contributed by atoms with van der Waals surface area (Å²) in [6.45, 7) is 1.92. The summed E-state index contributed by atoms with van der Waals surface area (Å²) in [5, 5.41) is 8.38. The van der Waals surface area contributed by atoms with Gasteiger partial charge >= 0.3 is 0 Å². The molecule has 4 heterocycles. The maximum atomic E-state index is 12.2. The standard InChI is InChI=1S/C17H18N4O4S2/c1-11-2-3-14-18-13(7-16(22)21(14)8-11)9-26-17-20-19-15(25-17)6-12-4-5-27(23,24)10-12/h2-3,7-8,12H,4-6,9-10H2,1H3/t12-/m0/s1. The van der Waals surface area contributed by atoms with Crippen LogP contribution in [0.25, 0.3) is 5.65 Å². The molecule has 0 spiro atoms. The van der Waals surface area contributed by atoms with Crippen LogP contribution in [0.3, 0.4) is 0 Å². The van der Waals surface area contributed by atoms with Gasteiger partial charge in [0.2, 0.25) is 5.89 Å². The van der Waals surface area contributed by atoms with Gasteiger partial charge in [-0.2, -0.15) is 0 Å². The van der Waals surface area contributed by atoms with E-state index in [0.29, 0.717) is 41.0 Å². The zero-order valence-electron chi connectivity index (χ0n) is 14.7. The molecule has 0 unspecified atom stereocenters. The maximum Gasteiger partial charge on any atom is 0.276 e. The fourth-order valence-electron chi connectivity index (χ4n) is 3.13. The number of hydrogen-bond acceptors (Lipinski definition) is 8. The second-order valence-electron chi connectivity index (χ2n) is 6.74. The normalized spacial score (nSPS) is 18.9. The molecule has 0 aromatic carbocycles. The van der Waals surface area contributed by atoms with Gasteiger partial charge in [-0.05, 0) is 30.9 Å². The first-order chi connectivity index (χ1) is 12.9. The summed E-state index contributed by atoms with van der Waals surface area (Å²) in [5.41, 5.74) is 2.09. The Morgan fingerprint density at radius 2 is 2.19 bits per heavy atom. The SMILES string of the molecule is Cc1ccc2nc(CSc3nnc(C[C@@H]4CCS(=O)(=O)C4)o3)cc(=O)n2c1. The monoisotopic (exact) mass is 406 g/mol. The minimum Gasteiger partial charge on any atom is -0.416 e. The second kappa shape index (κ2) is 7.08. The lowest BCUT2D eigenvalue weighted by molar-refractivity contribution is 0.389. The average Bonchev–Trinajstić information content (AvgIpc) is 3.20. The predicted octanol–water partition coefficient (Wildman–Crippen LogP) is 1.66. The summed E-state index contributed by atoms with van der Waals surface area (Å²) in [5.74, 6) is 1.33. The Morgan fingerprint density at radius 1 is 1.33 bits per heavy atom. The molecular formula is C17H18N4O4S2. The molecule has 1 aliphatic heterocycles. The number of fused-ring (bicyclic) bond motifs is 1. The van der Waals surface area contributed by atoms with Gasteiger partial charge in [-0.3, -0.25) is 9.20 Å². The highest BCUT2D eigenvalue weighted by molar-refractivity contribution is 7.98. The Morgan fingerprint density at radius 3 is 2.96 bits per heavy atom. The predicted molar refractivity (Wildman–Crippen MR) is 101 cm³/mol. The van der Waals surface area contributed by atoms with E-state index in [4.69, 9.17) is 4.42 Å². The van der Waals surface area contributed by atoms with Gasteiger partial charge in [0.25, 0.3) is 10.8 Å². The van der Waals surface area contributed by atoms with E-state index in [-0.39, 0.29) is 23.0 Å². The zero-order valence-corrected chi connectivity index (χ0v) is 16.3. The van der Waals surface area contributed by atoms with Crippen molar-refractivity contribution in [1.29, 1.82) is 0 Å². The number of pyridine rings is 1. The molecule has 8 nitrogen and oxygen atoms in total. The van der Waals surface area contributed by atoms with Crippen LogP contribution in [-0.2, 0) is 22.0 Å². The van der Waals surface area contributed by atoms with Crippen LogP contribution < -0.4 is 5.56 Å². The van der Waals surface area contributed by atoms with E-state index in [1.165, 1.54) is 22.2 Å². The molecule has 3 aromatic heterocycles. The summed E-state index contributed by atoms with van der Waals surface area (Å²) in [4.78, 5) is 16.7. The number of aryl methyl sites for hydroxylation is 1. The third-order valence-corrected chi connectivity index (χ3v) is 7.13. The van der Waals surface area contributed by atoms with Gasteiger partial charge in [0.15, 0.2) is 9.84 Å². The Balaban J connectivity index is 1.42. The van der Waals surface area contributed by atoms with Gasteiger partial charge in [-0.25, -0.2) is 13.4 Å². The third-order valence-electron chi connectivity index (χ3n) is 4.44. The van der Waals surface area contributed by atoms with Gasteiger partial charge < -0.3 is 4.42 Å². The first-order valence-corrected chi connectivity index (χ1v) is 11.3. The number of rotatable bonds is 5. The molecule has 0 bridgehead atoms. The van der Waals surface area contributed by atoms with Gasteiger partial charge in [-0.1, -0.05) is 17.8 Å². The molecule has 0 amide bonds. The van der Waals surface area contributed by atoms with Gasteiger partial charge in [0, 0.05) is 24.4 Å². The quantitative estimate of drug-likeness (QED) is 0.589. The van der Waals surface area contributed by atoms with Crippen LogP contribution in [0.1, 0.15) is 23.6 Å². The number of thioether (sulfide) groups is 1. The van der Waals surface area contributed by atoms with Crippen molar-refractivity contribution in [2.24, 2.45) is 5.92 Å². The number of aromatic nitrogens is 4. The Bertz CT molecular complexity index is 1150. The van der Waals surface area contributed by atoms with Crippen molar-refractivity contribution in [3.05, 3.63) is 51.9 Å². The summed E-state index contributed by atoms with van der Waals surface area (Å²) < 4.78 is 30.2. The number of nitrogens with zero attached hydrogens (tertiary/aromatic N) is 4. The largest absolute Gasteiger partial charge is 0.416 e. The van der Waals surface area contributed by atoms with Crippen molar-refractivity contribution in [2.45, 2.75) is 30.7 Å². The zero-order chi connectivity index (χ0) is 19.0. The molecule has 10 heteroatoms. The summed E-state index contributed by atoms with van der Waals surface area (Å²) in [6, 6.07) is 5.22. The summed E-state index contributed by atoms with van der Waals surface area (Å²) in [6.07, 6.45) is 2.87. The lowest BCUT2D eigenvalue weighted by Gasteiger charge is -2.04. The average molecular weight is 406 g/mol. The highest BCUT2D eigenvalue weighted by Gasteiger charge is 2.29. The maximum absolute atomic E-state index is 12.2. The third kappa shape index (κ3) is 4.22. The minimum absolute atomic E-state index is 0.0407. The fraction of sp³-hybridized carbons (Fsp3) is 0.412. The van der Waals surface area contributed by atoms with Crippen molar-refractivity contribution in [2.75, 3.05) is 11.5 Å². The lowest BCUT2D eigenvalue weighted by atomic mass is 10.1. The molecule has 1 aliphatic rings. The van der Waals surface area contributed by atoms with Gasteiger partial charge in [-0.15, -0.1) is 10.2 Å². The van der Waals surface area contributed by atoms with Crippen molar-refractivity contribution < 1.29 is 12.8 Å². The van der Waals surface area contributed by atoms with E-state index in [0.717, 1.165) is 5.56 Å². The molecule has 0 saturated carbocycles. The van der Waals surface area contributed by atoms with Crippen LogP contribution in [0.4, 0.5) is 0 Å². The van der Waals surface area contributed by atoms with Crippen molar-refractivity contribution >= 4 is 27.2 Å². The molecule has 3 aromatic rings. The smallest absolute Gasteiger partial charge is 0.276 e. The van der Waals surface area contributed by atoms with Crippen molar-refractivity contribution in [1.82, 2.24) is 19.6 Å². The van der Waals surface area contributed by atoms with Crippen LogP contribution in [0.15, 0.2) is 38.8 Å². The van der Waals surface area contributed by atoms with Crippen LogP contribution in [0.2, 0.25) is 0 Å². The molecule has 142 valence electrons. The second-order valence-corrected chi connectivity index (χ2v) is 9.90. The Hall–Kier alpha value is -2.20. The van der Waals surface area contributed by atoms with E-state index in [9.17, 15) is 13.2 Å². The highest BCUT2D eigenvalue weighted by Crippen LogP contribution is 2.25. The fourth-order valence-corrected chi connectivity index (χ4v) is 5.66. The minimum atomic E-state index is -2.91. The summed E-state index contributed by atoms with van der Waals surface area (Å²) in [7, 11) is -2.91. The number of hydrogen-bond donors (Lipinski definition) is 0. The highest BCUT2D eigenvalue weighted by atomic mass is 32.2. The molecule has 0 aliphatic carbocycles. The molecular weight excluding hydrogens is 388 g/mol. The van der Waals surface area contributed by atoms with E-state index in [1.54, 1.807) is 6.20 Å². The molecule has 27 heavy (non-hydrogen) atoms. The van der Waals surface area contributed by atoms with E-state index >= 15 is 0 Å². The molecule has 1 saturated heterocycles. The van der Waals surface area contributed by atoms with Crippen LogP contribution in [-0.4, -0.2) is 39.5 Å². The number of sulfone groups is 1. The molecule has 1 fully saturated rings. The molecule has 0 radical (unpaired) electrons. The summed E-state index contributed by atoms with van der Waals surface area (Å²) >= 11 is 1.30. The van der Waals surface area contributed by atoms with E-state index in [2.05, 4.69) is 15.2 Å². The first kappa shape index (κ1) is 18.2. The molecule has 1 atom stereocenters. The first-order valence-electron chi connectivity index (χ1n) is 8.52. The van der Waals surface area contributed by atoms with Crippen LogP contribution in [0.5, 0.6) is 0 Å². The van der Waals surface area contributed by atoms with Crippen LogP contribution in [0, 0.1) is 12.8 Å². The molecule has 0 N–H and O–H groups in total. The van der Waals surface area contributed by atoms with Gasteiger partial charge in [0.1, 0.15) is 5.65 Å². The van der Waals surface area contributed by atoms with E-state index in [1.807, 2.05) is 19.1 Å². The van der Waals surface area contributed by atoms with Crippen molar-refractivity contribution in [3.8, 4) is 0 Å². The van der Waals surface area contributed by atoms with E-state index < -0.39 is 9.84 Å². The topological polar surface area (TPSA) is 107 Å². The Labute approximate surface area is 159 Å². The lowest BCUT2D eigenvalue weighted by Crippen LogP contribution is -2.15. The van der Waals surface area contributed by atoms with Crippen molar-refractivity contribution in [3.63, 3.8) is 0 Å². The van der Waals surface area contributed by atoms with Crippen LogP contribution >= 0.6 is 11.8 Å². The Kier molecular flexibility index (Phi) is 4.77. The van der Waals surface area contributed by atoms with Gasteiger partial charge in [0.05, 0.1) is 17.2 Å².